The molecule has 2 aromatic rings. The number of benzene rings is 1. The van der Waals surface area contributed by atoms with Gasteiger partial charge in [-0.3, -0.25) is 14.6 Å². The summed E-state index contributed by atoms with van der Waals surface area (Å²) < 4.78 is 5.74. The van der Waals surface area contributed by atoms with Gasteiger partial charge in [-0.2, -0.15) is 0 Å². The normalized spacial score (nSPS) is 20.0. The van der Waals surface area contributed by atoms with E-state index in [4.69, 9.17) is 4.74 Å². The molecule has 144 valence electrons. The fraction of sp³-hybridized carbons (Fsp3) is 0.476. The first-order chi connectivity index (χ1) is 12.7. The van der Waals surface area contributed by atoms with Gasteiger partial charge in [0.2, 0.25) is 0 Å². The lowest BCUT2D eigenvalue weighted by Gasteiger charge is -2.23. The Morgan fingerprint density at radius 1 is 1.30 bits per heavy atom. The van der Waals surface area contributed by atoms with Crippen LogP contribution in [0.5, 0.6) is 0 Å². The average Bonchev–Trinajstić information content (AvgIpc) is 3.06. The van der Waals surface area contributed by atoms with Crippen LogP contribution < -0.4 is 5.32 Å². The predicted molar refractivity (Wildman–Crippen MR) is 108 cm³/mol. The number of rotatable bonds is 4. The van der Waals surface area contributed by atoms with Crippen LogP contribution >= 0.6 is 11.8 Å². The molecule has 0 spiro atoms. The highest BCUT2D eigenvalue weighted by Gasteiger charge is 2.30. The van der Waals surface area contributed by atoms with E-state index in [9.17, 15) is 9.59 Å². The standard InChI is InChI=1S/C21H26N2O3S/c1-20(2,3)19(25)27-16-9-8-15(14-7-5-11-22-17(14)16)18(24)23-13-21(4)10-6-12-26-21/h5,7-9,11H,6,10,12-13H2,1-4H3,(H,23,24). The third-order valence-electron chi connectivity index (χ3n) is 4.72. The summed E-state index contributed by atoms with van der Waals surface area (Å²) in [6.45, 7) is 8.93. The molecule has 1 atom stereocenters. The van der Waals surface area contributed by atoms with Crippen molar-refractivity contribution in [3.63, 3.8) is 0 Å². The molecule has 3 rings (SSSR count). The number of amides is 1. The zero-order valence-electron chi connectivity index (χ0n) is 16.3. The molecule has 0 bridgehead atoms. The SMILES string of the molecule is CC1(CNC(=O)c2ccc(SC(=O)C(C)(C)C)c3ncccc23)CCCO1. The van der Waals surface area contributed by atoms with Gasteiger partial charge in [0.15, 0.2) is 5.12 Å². The minimum Gasteiger partial charge on any atom is -0.373 e. The van der Waals surface area contributed by atoms with Crippen molar-refractivity contribution in [1.29, 1.82) is 0 Å². The lowest BCUT2D eigenvalue weighted by Crippen LogP contribution is -2.40. The quantitative estimate of drug-likeness (QED) is 0.798. The Morgan fingerprint density at radius 3 is 2.74 bits per heavy atom. The Kier molecular flexibility index (Phi) is 5.58. The summed E-state index contributed by atoms with van der Waals surface area (Å²) in [5.41, 5.74) is 0.500. The Balaban J connectivity index is 1.86. The third-order valence-corrected chi connectivity index (χ3v) is 6.06. The molecule has 0 radical (unpaired) electrons. The molecule has 1 aromatic carbocycles. The van der Waals surface area contributed by atoms with Gasteiger partial charge in [-0.1, -0.05) is 26.8 Å². The predicted octanol–water partition coefficient (Wildman–Crippen LogP) is 4.20. The third kappa shape index (κ3) is 4.50. The van der Waals surface area contributed by atoms with Crippen molar-refractivity contribution in [3.05, 3.63) is 36.0 Å². The molecule has 27 heavy (non-hydrogen) atoms. The van der Waals surface area contributed by atoms with Crippen molar-refractivity contribution in [2.75, 3.05) is 13.2 Å². The van der Waals surface area contributed by atoms with E-state index in [2.05, 4.69) is 10.3 Å². The number of hydrogen-bond donors (Lipinski definition) is 1. The Bertz CT molecular complexity index is 867. The zero-order valence-corrected chi connectivity index (χ0v) is 17.1. The van der Waals surface area contributed by atoms with E-state index in [0.29, 0.717) is 17.6 Å². The first-order valence-corrected chi connectivity index (χ1v) is 10.0. The second-order valence-corrected chi connectivity index (χ2v) is 9.25. The van der Waals surface area contributed by atoms with Gasteiger partial charge in [0.1, 0.15) is 0 Å². The fourth-order valence-corrected chi connectivity index (χ4v) is 3.92. The van der Waals surface area contributed by atoms with E-state index in [1.807, 2.05) is 39.8 Å². The molecule has 1 amide bonds. The molecule has 1 aliphatic heterocycles. The van der Waals surface area contributed by atoms with Gasteiger partial charge >= 0.3 is 0 Å². The van der Waals surface area contributed by atoms with Crippen LogP contribution in [0.4, 0.5) is 0 Å². The molecule has 1 aliphatic rings. The largest absolute Gasteiger partial charge is 0.373 e. The van der Waals surface area contributed by atoms with Crippen molar-refractivity contribution >= 4 is 33.7 Å². The van der Waals surface area contributed by atoms with Crippen LogP contribution in [0.2, 0.25) is 0 Å². The highest BCUT2D eigenvalue weighted by Crippen LogP contribution is 2.34. The van der Waals surface area contributed by atoms with Gasteiger partial charge in [0.05, 0.1) is 11.1 Å². The van der Waals surface area contributed by atoms with E-state index >= 15 is 0 Å². The Hall–Kier alpha value is -1.92. The van der Waals surface area contributed by atoms with Gasteiger partial charge in [-0.15, -0.1) is 0 Å². The molecular weight excluding hydrogens is 360 g/mol. The number of nitrogens with one attached hydrogen (secondary N) is 1. The van der Waals surface area contributed by atoms with E-state index in [-0.39, 0.29) is 16.6 Å². The monoisotopic (exact) mass is 386 g/mol. The summed E-state index contributed by atoms with van der Waals surface area (Å²) in [4.78, 5) is 30.4. The maximum Gasteiger partial charge on any atom is 0.252 e. The minimum absolute atomic E-state index is 0.0676. The molecule has 1 fully saturated rings. The highest BCUT2D eigenvalue weighted by molar-refractivity contribution is 8.13. The van der Waals surface area contributed by atoms with E-state index in [1.54, 1.807) is 18.3 Å². The molecular formula is C21H26N2O3S. The number of aromatic nitrogens is 1. The molecule has 0 aliphatic carbocycles. The van der Waals surface area contributed by atoms with Crippen LogP contribution in [0.3, 0.4) is 0 Å². The maximum absolute atomic E-state index is 12.8. The Morgan fingerprint density at radius 2 is 2.07 bits per heavy atom. The number of thioether (sulfide) groups is 1. The number of carbonyl (C=O) groups is 2. The van der Waals surface area contributed by atoms with Gasteiger partial charge in [0.25, 0.3) is 5.91 Å². The number of fused-ring (bicyclic) bond motifs is 1. The summed E-state index contributed by atoms with van der Waals surface area (Å²) in [5, 5.41) is 3.81. The first kappa shape index (κ1) is 19.8. The van der Waals surface area contributed by atoms with Crippen molar-refractivity contribution in [2.24, 2.45) is 5.41 Å². The van der Waals surface area contributed by atoms with Crippen LogP contribution in [-0.4, -0.2) is 34.8 Å². The van der Waals surface area contributed by atoms with E-state index < -0.39 is 5.41 Å². The van der Waals surface area contributed by atoms with Gasteiger partial charge in [-0.05, 0) is 49.7 Å². The van der Waals surface area contributed by atoms with Crippen molar-refractivity contribution in [2.45, 2.75) is 51.0 Å². The van der Waals surface area contributed by atoms with Crippen LogP contribution in [0.25, 0.3) is 10.9 Å². The fourth-order valence-electron chi connectivity index (χ4n) is 3.02. The lowest BCUT2D eigenvalue weighted by atomic mass is 10.00. The lowest BCUT2D eigenvalue weighted by molar-refractivity contribution is -0.117. The summed E-state index contributed by atoms with van der Waals surface area (Å²) in [7, 11) is 0. The molecule has 2 heterocycles. The molecule has 0 saturated carbocycles. The summed E-state index contributed by atoms with van der Waals surface area (Å²) in [6.07, 6.45) is 3.65. The maximum atomic E-state index is 12.8. The molecule has 1 saturated heterocycles. The smallest absolute Gasteiger partial charge is 0.252 e. The molecule has 5 nitrogen and oxygen atoms in total. The molecule has 6 heteroatoms. The molecule has 1 aromatic heterocycles. The number of carbonyl (C=O) groups excluding carboxylic acids is 2. The number of ether oxygens (including phenoxy) is 1. The summed E-state index contributed by atoms with van der Waals surface area (Å²) >= 11 is 1.18. The van der Waals surface area contributed by atoms with Crippen LogP contribution in [-0.2, 0) is 9.53 Å². The van der Waals surface area contributed by atoms with Gasteiger partial charge < -0.3 is 10.1 Å². The number of hydrogen-bond acceptors (Lipinski definition) is 5. The first-order valence-electron chi connectivity index (χ1n) is 9.22. The van der Waals surface area contributed by atoms with Crippen LogP contribution in [0, 0.1) is 5.41 Å². The zero-order chi connectivity index (χ0) is 19.7. The molecule has 1 N–H and O–H groups in total. The molecule has 1 unspecified atom stereocenters. The van der Waals surface area contributed by atoms with Crippen LogP contribution in [0.15, 0.2) is 35.4 Å². The number of nitrogens with zero attached hydrogens (tertiary/aromatic N) is 1. The van der Waals surface area contributed by atoms with Crippen molar-refractivity contribution in [1.82, 2.24) is 10.3 Å². The Labute approximate surface area is 164 Å². The second-order valence-electron chi connectivity index (χ2n) is 8.23. The minimum atomic E-state index is -0.446. The number of pyridine rings is 1. The van der Waals surface area contributed by atoms with E-state index in [0.717, 1.165) is 29.7 Å². The summed E-state index contributed by atoms with van der Waals surface area (Å²) in [6, 6.07) is 7.26. The second kappa shape index (κ2) is 7.60. The van der Waals surface area contributed by atoms with E-state index in [1.165, 1.54) is 11.8 Å². The van der Waals surface area contributed by atoms with Crippen molar-refractivity contribution < 1.29 is 14.3 Å². The van der Waals surface area contributed by atoms with Crippen molar-refractivity contribution in [3.8, 4) is 0 Å². The van der Waals surface area contributed by atoms with Crippen LogP contribution in [0.1, 0.15) is 50.9 Å². The van der Waals surface area contributed by atoms with Gasteiger partial charge in [0, 0.05) is 40.6 Å². The summed E-state index contributed by atoms with van der Waals surface area (Å²) in [5.74, 6) is -0.150. The average molecular weight is 387 g/mol. The van der Waals surface area contributed by atoms with Gasteiger partial charge in [-0.25, -0.2) is 0 Å². The highest BCUT2D eigenvalue weighted by atomic mass is 32.2. The topological polar surface area (TPSA) is 68.3 Å².